The number of aryl methyl sites for hydroxylation is 2. The second-order valence-electron chi connectivity index (χ2n) is 10.1. The lowest BCUT2D eigenvalue weighted by Gasteiger charge is -2.24. The molecule has 0 aliphatic rings. The van der Waals surface area contributed by atoms with E-state index in [4.69, 9.17) is 16.3 Å². The highest BCUT2D eigenvalue weighted by atomic mass is 35.5. The minimum absolute atomic E-state index is 0.0297. The van der Waals surface area contributed by atoms with Crippen LogP contribution in [0, 0.1) is 31.3 Å². The van der Waals surface area contributed by atoms with Crippen LogP contribution < -0.4 is 15.0 Å². The molecule has 4 aromatic rings. The predicted octanol–water partition coefficient (Wildman–Crippen LogP) is 3.98. The molecule has 0 aliphatic heterocycles. The van der Waals surface area contributed by atoms with Crippen LogP contribution in [0.4, 0.5) is 13.2 Å². The van der Waals surface area contributed by atoms with Gasteiger partial charge < -0.3 is 14.9 Å². The van der Waals surface area contributed by atoms with Gasteiger partial charge in [-0.05, 0) is 25.5 Å². The van der Waals surface area contributed by atoms with Crippen LogP contribution in [-0.4, -0.2) is 30.0 Å². The fourth-order valence-electron chi connectivity index (χ4n) is 4.16. The Bertz CT molecular complexity index is 1700. The predicted molar refractivity (Wildman–Crippen MR) is 137 cm³/mol. The van der Waals surface area contributed by atoms with Gasteiger partial charge in [-0.2, -0.15) is 0 Å². The van der Waals surface area contributed by atoms with Gasteiger partial charge in [0.15, 0.2) is 28.8 Å². The summed E-state index contributed by atoms with van der Waals surface area (Å²) in [6, 6.07) is 6.23. The van der Waals surface area contributed by atoms with Gasteiger partial charge in [0.25, 0.3) is 11.3 Å². The molecular formula is C27H25ClF3N4O5+. The largest absolute Gasteiger partial charge is 0.433 e. The van der Waals surface area contributed by atoms with Crippen LogP contribution in [0.5, 0.6) is 5.75 Å². The van der Waals surface area contributed by atoms with Crippen molar-refractivity contribution in [3.63, 3.8) is 0 Å². The molecule has 4 heterocycles. The number of ether oxygens (including phenoxy) is 1. The number of rotatable bonds is 5. The van der Waals surface area contributed by atoms with E-state index in [1.165, 1.54) is 26.1 Å². The third-order valence-electron chi connectivity index (χ3n) is 6.04. The van der Waals surface area contributed by atoms with Crippen LogP contribution in [0.15, 0.2) is 47.5 Å². The Balaban J connectivity index is 1.85. The van der Waals surface area contributed by atoms with Crippen molar-refractivity contribution < 1.29 is 38.1 Å². The second kappa shape index (κ2) is 10.2. The number of aromatic nitrogens is 4. The summed E-state index contributed by atoms with van der Waals surface area (Å²) >= 11 is 6.20. The molecule has 0 amide bonds. The maximum atomic E-state index is 16.1. The van der Waals surface area contributed by atoms with E-state index in [1.54, 1.807) is 12.1 Å². The summed E-state index contributed by atoms with van der Waals surface area (Å²) in [5, 5.41) is 30.8. The van der Waals surface area contributed by atoms with Gasteiger partial charge in [0.05, 0.1) is 17.3 Å². The van der Waals surface area contributed by atoms with Crippen molar-refractivity contribution in [1.29, 1.82) is 0 Å². The zero-order valence-corrected chi connectivity index (χ0v) is 22.8. The smallest absolute Gasteiger partial charge is 0.372 e. The zero-order valence-electron chi connectivity index (χ0n) is 22.0. The van der Waals surface area contributed by atoms with Crippen molar-refractivity contribution in [3.8, 4) is 22.8 Å². The molecule has 4 aromatic heterocycles. The van der Waals surface area contributed by atoms with Crippen LogP contribution >= 0.6 is 11.6 Å². The molecule has 210 valence electrons. The van der Waals surface area contributed by atoms with Crippen molar-refractivity contribution in [2.24, 2.45) is 0 Å². The highest BCUT2D eigenvalue weighted by molar-refractivity contribution is 6.31. The fourth-order valence-corrected chi connectivity index (χ4v) is 4.33. The minimum Gasteiger partial charge on any atom is -0.433 e. The normalized spacial score (nSPS) is 12.1. The Morgan fingerprint density at radius 2 is 1.73 bits per heavy atom. The summed E-state index contributed by atoms with van der Waals surface area (Å²) in [5.74, 6) is -7.47. The number of aliphatic hydroxyl groups is 2. The Morgan fingerprint density at radius 1 is 1.05 bits per heavy atom. The number of halogens is 4. The molecule has 0 bridgehead atoms. The van der Waals surface area contributed by atoms with Crippen LogP contribution in [0.1, 0.15) is 43.4 Å². The number of pyridine rings is 4. The quantitative estimate of drug-likeness (QED) is 0.186. The first-order valence-electron chi connectivity index (χ1n) is 11.8. The molecule has 3 N–H and O–H groups in total. The van der Waals surface area contributed by atoms with E-state index < -0.39 is 50.9 Å². The summed E-state index contributed by atoms with van der Waals surface area (Å²) < 4.78 is 50.2. The topological polar surface area (TPSA) is 122 Å². The molecule has 0 saturated heterocycles. The molecule has 13 heteroatoms. The summed E-state index contributed by atoms with van der Waals surface area (Å²) in [5.41, 5.74) is -2.28. The van der Waals surface area contributed by atoms with Gasteiger partial charge in [-0.1, -0.05) is 32.4 Å². The van der Waals surface area contributed by atoms with Crippen molar-refractivity contribution in [2.45, 2.75) is 46.0 Å². The molecule has 0 radical (unpaired) electrons. The van der Waals surface area contributed by atoms with E-state index in [9.17, 15) is 29.0 Å². The maximum absolute atomic E-state index is 16.1. The average Bonchev–Trinajstić information content (AvgIpc) is 2.84. The summed E-state index contributed by atoms with van der Waals surface area (Å²) in [7, 11) is 0. The molecule has 0 spiro atoms. The monoisotopic (exact) mass is 577 g/mol. The SMILES string of the molecule is Cc1cnc(-c2cccc(C(C)(C)C)[n+]2O)c(F)c1-n1c(C)cc(OC(O)(O)c2ncc(F)cc2F)c(Cl)c1=O. The minimum atomic E-state index is -3.44. The first kappa shape index (κ1) is 29.0. The van der Waals surface area contributed by atoms with Gasteiger partial charge in [-0.3, -0.25) is 14.6 Å². The van der Waals surface area contributed by atoms with Crippen LogP contribution in [0.2, 0.25) is 5.02 Å². The van der Waals surface area contributed by atoms with Crippen molar-refractivity contribution >= 4 is 11.6 Å². The summed E-state index contributed by atoms with van der Waals surface area (Å²) in [6.07, 6.45) is 1.85. The Kier molecular flexibility index (Phi) is 7.39. The van der Waals surface area contributed by atoms with Gasteiger partial charge in [-0.15, -0.1) is 0 Å². The number of hydrogen-bond acceptors (Lipinski definition) is 7. The van der Waals surface area contributed by atoms with E-state index in [2.05, 4.69) is 9.97 Å². The van der Waals surface area contributed by atoms with Crippen LogP contribution in [0.3, 0.4) is 0 Å². The van der Waals surface area contributed by atoms with E-state index in [-0.39, 0.29) is 28.3 Å². The van der Waals surface area contributed by atoms with Gasteiger partial charge in [0.2, 0.25) is 5.69 Å². The molecule has 0 unspecified atom stereocenters. The van der Waals surface area contributed by atoms with Crippen molar-refractivity contribution in [2.75, 3.05) is 0 Å². The molecule has 0 fully saturated rings. The molecule has 0 aliphatic carbocycles. The van der Waals surface area contributed by atoms with E-state index in [0.717, 1.165) is 15.4 Å². The lowest BCUT2D eigenvalue weighted by Crippen LogP contribution is -2.43. The zero-order chi connectivity index (χ0) is 29.7. The van der Waals surface area contributed by atoms with Gasteiger partial charge in [0, 0.05) is 40.9 Å². The Morgan fingerprint density at radius 3 is 2.35 bits per heavy atom. The first-order chi connectivity index (χ1) is 18.5. The van der Waals surface area contributed by atoms with E-state index >= 15 is 4.39 Å². The number of hydrogen-bond donors (Lipinski definition) is 3. The average molecular weight is 578 g/mol. The molecule has 40 heavy (non-hydrogen) atoms. The summed E-state index contributed by atoms with van der Waals surface area (Å²) in [4.78, 5) is 20.8. The van der Waals surface area contributed by atoms with Crippen LogP contribution in [0.25, 0.3) is 17.1 Å². The molecule has 0 saturated carbocycles. The first-order valence-corrected chi connectivity index (χ1v) is 12.2. The second-order valence-corrected chi connectivity index (χ2v) is 10.5. The third kappa shape index (κ3) is 5.12. The molecule has 4 rings (SSSR count). The molecule has 0 atom stereocenters. The fraction of sp³-hybridized carbons (Fsp3) is 0.259. The van der Waals surface area contributed by atoms with Gasteiger partial charge in [0.1, 0.15) is 10.8 Å². The Labute approximate surface area is 231 Å². The third-order valence-corrected chi connectivity index (χ3v) is 6.39. The lowest BCUT2D eigenvalue weighted by atomic mass is 9.91. The van der Waals surface area contributed by atoms with E-state index in [1.807, 2.05) is 20.8 Å². The van der Waals surface area contributed by atoms with Crippen molar-refractivity contribution in [1.82, 2.24) is 14.5 Å². The summed E-state index contributed by atoms with van der Waals surface area (Å²) in [6.45, 7) is 8.50. The Hall–Kier alpha value is -4.00. The van der Waals surface area contributed by atoms with Crippen molar-refractivity contribution in [3.05, 3.63) is 98.2 Å². The molecule has 0 aromatic carbocycles. The van der Waals surface area contributed by atoms with Gasteiger partial charge >= 0.3 is 5.97 Å². The highest BCUT2D eigenvalue weighted by Crippen LogP contribution is 2.32. The number of nitrogens with zero attached hydrogens (tertiary/aromatic N) is 4. The highest BCUT2D eigenvalue weighted by Gasteiger charge is 2.37. The molecular weight excluding hydrogens is 553 g/mol. The maximum Gasteiger partial charge on any atom is 0.372 e. The van der Waals surface area contributed by atoms with E-state index in [0.29, 0.717) is 18.0 Å². The standard InChI is InChI=1S/C27H25ClF3N4O5/c1-13-11-32-22(17-7-6-8-19(35(17)39)26(3,4)5)21(31)23(13)34-14(2)9-18(20(28)25(34)36)40-27(37,38)24-16(30)10-15(29)12-33-24/h6-12,37-39H,1-5H3/q+1. The lowest BCUT2D eigenvalue weighted by molar-refractivity contribution is -0.903. The van der Waals surface area contributed by atoms with Crippen LogP contribution in [-0.2, 0) is 11.4 Å². The molecule has 9 nitrogen and oxygen atoms in total. The van der Waals surface area contributed by atoms with Gasteiger partial charge in [-0.25, -0.2) is 23.1 Å².